The Morgan fingerprint density at radius 2 is 1.95 bits per heavy atom. The highest BCUT2D eigenvalue weighted by Gasteiger charge is 2.37. The van der Waals surface area contributed by atoms with Crippen LogP contribution in [-0.4, -0.2) is 18.3 Å². The molecule has 1 aromatic carbocycles. The molecule has 0 saturated heterocycles. The number of rotatable bonds is 5. The first-order valence-corrected chi connectivity index (χ1v) is 9.25. The number of nitrogens with one attached hydrogen (secondary N) is 1. The molecule has 2 rings (SSSR count). The second-order valence-electron chi connectivity index (χ2n) is 7.17. The first-order valence-electron chi connectivity index (χ1n) is 8.37. The summed E-state index contributed by atoms with van der Waals surface area (Å²) < 4.78 is 0. The minimum atomic E-state index is 0.475. The maximum Gasteiger partial charge on any atom is 0.0251 e. The molecular formula is C19H31NS. The molecule has 3 unspecified atom stereocenters. The van der Waals surface area contributed by atoms with Crippen LogP contribution in [0.3, 0.4) is 0 Å². The average molecular weight is 306 g/mol. The van der Waals surface area contributed by atoms with Gasteiger partial charge in [0.2, 0.25) is 0 Å². The van der Waals surface area contributed by atoms with Crippen LogP contribution in [0.15, 0.2) is 29.2 Å². The summed E-state index contributed by atoms with van der Waals surface area (Å²) in [5.74, 6) is 0.855. The van der Waals surface area contributed by atoms with Crippen molar-refractivity contribution in [1.29, 1.82) is 0 Å². The molecule has 0 aromatic heterocycles. The molecule has 1 aromatic rings. The summed E-state index contributed by atoms with van der Waals surface area (Å²) in [5.41, 5.74) is 1.89. The average Bonchev–Trinajstić information content (AvgIpc) is 2.49. The molecule has 0 heterocycles. The van der Waals surface area contributed by atoms with Crippen LogP contribution in [0.1, 0.15) is 52.0 Å². The number of hydrogen-bond donors (Lipinski definition) is 1. The van der Waals surface area contributed by atoms with E-state index in [0.29, 0.717) is 16.7 Å². The summed E-state index contributed by atoms with van der Waals surface area (Å²) in [6.07, 6.45) is 5.31. The minimum absolute atomic E-state index is 0.475. The summed E-state index contributed by atoms with van der Waals surface area (Å²) >= 11 is 2.09. The molecule has 21 heavy (non-hydrogen) atoms. The van der Waals surface area contributed by atoms with Crippen LogP contribution in [0.4, 0.5) is 0 Å². The lowest BCUT2D eigenvalue weighted by Gasteiger charge is -2.43. The van der Waals surface area contributed by atoms with Gasteiger partial charge in [-0.15, -0.1) is 11.8 Å². The third-order valence-corrected chi connectivity index (χ3v) is 7.09. The monoisotopic (exact) mass is 305 g/mol. The highest BCUT2D eigenvalue weighted by atomic mass is 32.2. The second kappa shape index (κ2) is 7.19. The van der Waals surface area contributed by atoms with E-state index in [2.05, 4.69) is 76.1 Å². The number of aryl methyl sites for hydroxylation is 1. The van der Waals surface area contributed by atoms with Crippen LogP contribution in [0, 0.1) is 18.3 Å². The molecule has 0 amide bonds. The van der Waals surface area contributed by atoms with Gasteiger partial charge in [0.25, 0.3) is 0 Å². The van der Waals surface area contributed by atoms with E-state index in [1.54, 1.807) is 0 Å². The van der Waals surface area contributed by atoms with Crippen LogP contribution in [-0.2, 0) is 0 Å². The fourth-order valence-corrected chi connectivity index (χ4v) is 4.94. The molecule has 1 N–H and O–H groups in total. The molecule has 0 spiro atoms. The Morgan fingerprint density at radius 3 is 2.57 bits per heavy atom. The Hall–Kier alpha value is -0.470. The number of thioether (sulfide) groups is 1. The highest BCUT2D eigenvalue weighted by molar-refractivity contribution is 8.00. The van der Waals surface area contributed by atoms with Crippen LogP contribution < -0.4 is 5.32 Å². The SMILES string of the molecule is CCC(C)(C)C1CCC(NC)C(Sc2ccccc2C)C1. The normalized spacial score (nSPS) is 26.8. The molecule has 1 nitrogen and oxygen atoms in total. The van der Waals surface area contributed by atoms with E-state index in [0.717, 1.165) is 5.92 Å². The van der Waals surface area contributed by atoms with Crippen LogP contribution >= 0.6 is 11.8 Å². The van der Waals surface area contributed by atoms with E-state index in [-0.39, 0.29) is 0 Å². The maximum atomic E-state index is 3.56. The number of hydrogen-bond acceptors (Lipinski definition) is 2. The van der Waals surface area contributed by atoms with Gasteiger partial charge in [-0.2, -0.15) is 0 Å². The lowest BCUT2D eigenvalue weighted by molar-refractivity contribution is 0.142. The molecule has 3 atom stereocenters. The topological polar surface area (TPSA) is 12.0 Å². The van der Waals surface area contributed by atoms with Crippen LogP contribution in [0.25, 0.3) is 0 Å². The van der Waals surface area contributed by atoms with Crippen LogP contribution in [0.5, 0.6) is 0 Å². The van der Waals surface area contributed by atoms with Crippen molar-refractivity contribution in [3.05, 3.63) is 29.8 Å². The van der Waals surface area contributed by atoms with Crippen LogP contribution in [0.2, 0.25) is 0 Å². The Morgan fingerprint density at radius 1 is 1.24 bits per heavy atom. The van der Waals surface area contributed by atoms with Crippen molar-refractivity contribution in [1.82, 2.24) is 5.32 Å². The predicted octanol–water partition coefficient (Wildman–Crippen LogP) is 5.28. The van der Waals surface area contributed by atoms with Gasteiger partial charge in [-0.3, -0.25) is 0 Å². The molecule has 0 radical (unpaired) electrons. The van der Waals surface area contributed by atoms with E-state index in [4.69, 9.17) is 0 Å². The van der Waals surface area contributed by atoms with Gasteiger partial charge in [-0.05, 0) is 56.2 Å². The van der Waals surface area contributed by atoms with E-state index < -0.39 is 0 Å². The first kappa shape index (κ1) is 16.9. The molecule has 118 valence electrons. The largest absolute Gasteiger partial charge is 0.316 e. The van der Waals surface area contributed by atoms with Crippen molar-refractivity contribution in [2.75, 3.05) is 7.05 Å². The van der Waals surface area contributed by atoms with Crippen molar-refractivity contribution in [2.45, 2.75) is 69.6 Å². The quantitative estimate of drug-likeness (QED) is 0.794. The fourth-order valence-electron chi connectivity index (χ4n) is 3.44. The van der Waals surface area contributed by atoms with Crippen molar-refractivity contribution in [3.8, 4) is 0 Å². The summed E-state index contributed by atoms with van der Waals surface area (Å²) in [6, 6.07) is 9.46. The molecule has 1 fully saturated rings. The molecule has 1 aliphatic carbocycles. The van der Waals surface area contributed by atoms with Gasteiger partial charge in [-0.25, -0.2) is 0 Å². The molecule has 0 bridgehead atoms. The van der Waals surface area contributed by atoms with Gasteiger partial charge in [0.05, 0.1) is 0 Å². The van der Waals surface area contributed by atoms with Crippen molar-refractivity contribution < 1.29 is 0 Å². The fraction of sp³-hybridized carbons (Fsp3) is 0.684. The zero-order chi connectivity index (χ0) is 15.5. The van der Waals surface area contributed by atoms with Gasteiger partial charge in [0.15, 0.2) is 0 Å². The third kappa shape index (κ3) is 4.04. The molecule has 0 aliphatic heterocycles. The Bertz CT molecular complexity index is 455. The number of benzene rings is 1. The smallest absolute Gasteiger partial charge is 0.0251 e. The van der Waals surface area contributed by atoms with Crippen molar-refractivity contribution in [2.24, 2.45) is 11.3 Å². The van der Waals surface area contributed by atoms with E-state index in [1.807, 2.05) is 0 Å². The Labute approximate surface area is 135 Å². The molecule has 1 aliphatic rings. The summed E-state index contributed by atoms with van der Waals surface area (Å²) in [4.78, 5) is 1.46. The van der Waals surface area contributed by atoms with Gasteiger partial charge < -0.3 is 5.32 Å². The summed E-state index contributed by atoms with van der Waals surface area (Å²) in [6.45, 7) is 9.47. The lowest BCUT2D eigenvalue weighted by Crippen LogP contribution is -2.43. The molecular weight excluding hydrogens is 274 g/mol. The standard InChI is InChI=1S/C19H31NS/c1-6-19(3,4)15-11-12-16(20-5)18(13-15)21-17-10-8-7-9-14(17)2/h7-10,15-16,18,20H,6,11-13H2,1-5H3. The molecule has 1 saturated carbocycles. The van der Waals surface area contributed by atoms with E-state index in [9.17, 15) is 0 Å². The highest BCUT2D eigenvalue weighted by Crippen LogP contribution is 2.45. The summed E-state index contributed by atoms with van der Waals surface area (Å²) in [7, 11) is 2.13. The summed E-state index contributed by atoms with van der Waals surface area (Å²) in [5, 5.41) is 4.26. The van der Waals surface area contributed by atoms with E-state index >= 15 is 0 Å². The Kier molecular flexibility index (Phi) is 5.79. The van der Waals surface area contributed by atoms with Gasteiger partial charge in [-0.1, -0.05) is 45.4 Å². The first-order chi connectivity index (χ1) is 9.97. The third-order valence-electron chi connectivity index (χ3n) is 5.55. The Balaban J connectivity index is 2.12. The predicted molar refractivity (Wildman–Crippen MR) is 95.1 cm³/mol. The second-order valence-corrected chi connectivity index (χ2v) is 8.45. The van der Waals surface area contributed by atoms with Crippen molar-refractivity contribution in [3.63, 3.8) is 0 Å². The molecule has 2 heteroatoms. The van der Waals surface area contributed by atoms with Gasteiger partial charge in [0.1, 0.15) is 0 Å². The lowest BCUT2D eigenvalue weighted by atomic mass is 9.68. The van der Waals surface area contributed by atoms with Gasteiger partial charge >= 0.3 is 0 Å². The van der Waals surface area contributed by atoms with Gasteiger partial charge in [0, 0.05) is 16.2 Å². The zero-order valence-electron chi connectivity index (χ0n) is 14.3. The minimum Gasteiger partial charge on any atom is -0.316 e. The van der Waals surface area contributed by atoms with Crippen molar-refractivity contribution >= 4 is 11.8 Å². The van der Waals surface area contributed by atoms with E-state index in [1.165, 1.54) is 36.1 Å². The maximum absolute atomic E-state index is 3.56. The zero-order valence-corrected chi connectivity index (χ0v) is 15.1.